The molecule has 1 nitrogen and oxygen atoms in total. The number of hydrogen-bond donors (Lipinski definition) is 1. The van der Waals surface area contributed by atoms with Gasteiger partial charge in [0, 0.05) is 16.6 Å². The average molecular weight is 338 g/mol. The highest BCUT2D eigenvalue weighted by atomic mass is 79.9. The van der Waals surface area contributed by atoms with E-state index in [9.17, 15) is 0 Å². The second kappa shape index (κ2) is 8.19. The first-order chi connectivity index (χ1) is 9.70. The summed E-state index contributed by atoms with van der Waals surface area (Å²) in [6.07, 6.45) is 9.70. The van der Waals surface area contributed by atoms with Crippen LogP contribution < -0.4 is 5.32 Å². The highest BCUT2D eigenvalue weighted by molar-refractivity contribution is 9.10. The fraction of sp³-hybridized carbons (Fsp3) is 0.667. The Hall–Kier alpha value is -0.340. The lowest BCUT2D eigenvalue weighted by Gasteiger charge is -2.23. The number of benzene rings is 1. The van der Waals surface area contributed by atoms with Gasteiger partial charge in [-0.2, -0.15) is 0 Å². The molecule has 112 valence electrons. The molecule has 0 aromatic heterocycles. The molecule has 0 amide bonds. The van der Waals surface area contributed by atoms with Crippen LogP contribution in [0.2, 0.25) is 0 Å². The molecule has 0 heterocycles. The van der Waals surface area contributed by atoms with Gasteiger partial charge in [0.1, 0.15) is 0 Å². The van der Waals surface area contributed by atoms with Crippen molar-refractivity contribution >= 4 is 15.9 Å². The number of rotatable bonds is 5. The van der Waals surface area contributed by atoms with Crippen molar-refractivity contribution in [2.75, 3.05) is 0 Å². The summed E-state index contributed by atoms with van der Waals surface area (Å²) in [6, 6.07) is 9.69. The minimum Gasteiger partial charge on any atom is -0.307 e. The van der Waals surface area contributed by atoms with E-state index in [1.54, 1.807) is 0 Å². The Kier molecular flexibility index (Phi) is 6.57. The average Bonchev–Trinajstić information content (AvgIpc) is 2.65. The normalized spacial score (nSPS) is 25.1. The molecule has 1 aromatic rings. The highest BCUT2D eigenvalue weighted by Crippen LogP contribution is 2.29. The standard InChI is InChI=1S/C18H28BrN/c1-3-7-15-8-6-9-16(13-12-15)20-14(2)17-10-4-5-11-18(17)19/h4-5,10-11,14-16,20H,3,6-9,12-13H2,1-2H3. The van der Waals surface area contributed by atoms with Gasteiger partial charge in [-0.15, -0.1) is 0 Å². The number of nitrogens with one attached hydrogen (secondary N) is 1. The first kappa shape index (κ1) is 16.0. The van der Waals surface area contributed by atoms with E-state index in [-0.39, 0.29) is 0 Å². The maximum atomic E-state index is 3.85. The predicted octanol–water partition coefficient (Wildman–Crippen LogP) is 5.85. The zero-order chi connectivity index (χ0) is 14.4. The van der Waals surface area contributed by atoms with Crippen LogP contribution in [0.25, 0.3) is 0 Å². The zero-order valence-electron chi connectivity index (χ0n) is 12.9. The van der Waals surface area contributed by atoms with Gasteiger partial charge in [0.15, 0.2) is 0 Å². The maximum Gasteiger partial charge on any atom is 0.0305 e. The van der Waals surface area contributed by atoms with E-state index in [4.69, 9.17) is 0 Å². The van der Waals surface area contributed by atoms with Crippen LogP contribution >= 0.6 is 15.9 Å². The topological polar surface area (TPSA) is 12.0 Å². The summed E-state index contributed by atoms with van der Waals surface area (Å²) in [5.74, 6) is 0.977. The van der Waals surface area contributed by atoms with Crippen molar-refractivity contribution in [1.82, 2.24) is 5.32 Å². The van der Waals surface area contributed by atoms with E-state index in [1.807, 2.05) is 0 Å². The molecule has 20 heavy (non-hydrogen) atoms. The molecule has 2 rings (SSSR count). The first-order valence-corrected chi connectivity index (χ1v) is 9.00. The SMILES string of the molecule is CCCC1CCCC(NC(C)c2ccccc2Br)CC1. The van der Waals surface area contributed by atoms with E-state index >= 15 is 0 Å². The molecule has 1 N–H and O–H groups in total. The lowest BCUT2D eigenvalue weighted by atomic mass is 9.95. The first-order valence-electron chi connectivity index (χ1n) is 8.21. The van der Waals surface area contributed by atoms with Crippen LogP contribution in [0.3, 0.4) is 0 Å². The minimum atomic E-state index is 0.429. The summed E-state index contributed by atoms with van der Waals surface area (Å²) in [4.78, 5) is 0. The van der Waals surface area contributed by atoms with E-state index in [0.717, 1.165) is 5.92 Å². The van der Waals surface area contributed by atoms with Crippen LogP contribution in [-0.4, -0.2) is 6.04 Å². The molecule has 0 bridgehead atoms. The number of hydrogen-bond acceptors (Lipinski definition) is 1. The summed E-state index contributed by atoms with van der Waals surface area (Å²) in [6.45, 7) is 4.60. The molecule has 1 aliphatic rings. The summed E-state index contributed by atoms with van der Waals surface area (Å²) in [5.41, 5.74) is 1.38. The molecule has 1 saturated carbocycles. The zero-order valence-corrected chi connectivity index (χ0v) is 14.5. The molecule has 1 aromatic carbocycles. The van der Waals surface area contributed by atoms with Gasteiger partial charge < -0.3 is 5.32 Å². The van der Waals surface area contributed by atoms with E-state index < -0.39 is 0 Å². The van der Waals surface area contributed by atoms with Crippen LogP contribution in [-0.2, 0) is 0 Å². The van der Waals surface area contributed by atoms with Crippen molar-refractivity contribution in [3.63, 3.8) is 0 Å². The lowest BCUT2D eigenvalue weighted by molar-refractivity contribution is 0.392. The van der Waals surface area contributed by atoms with Gasteiger partial charge in [0.25, 0.3) is 0 Å². The molecular formula is C18H28BrN. The van der Waals surface area contributed by atoms with Gasteiger partial charge in [-0.25, -0.2) is 0 Å². The third-order valence-electron chi connectivity index (χ3n) is 4.64. The minimum absolute atomic E-state index is 0.429. The van der Waals surface area contributed by atoms with E-state index in [2.05, 4.69) is 59.4 Å². The summed E-state index contributed by atoms with van der Waals surface area (Å²) in [5, 5.41) is 3.85. The van der Waals surface area contributed by atoms with Gasteiger partial charge in [-0.3, -0.25) is 0 Å². The Bertz CT molecular complexity index is 404. The summed E-state index contributed by atoms with van der Waals surface area (Å²) in [7, 11) is 0. The van der Waals surface area contributed by atoms with Crippen LogP contribution in [0.5, 0.6) is 0 Å². The smallest absolute Gasteiger partial charge is 0.0305 e. The molecule has 0 spiro atoms. The van der Waals surface area contributed by atoms with Gasteiger partial charge in [0.05, 0.1) is 0 Å². The van der Waals surface area contributed by atoms with Gasteiger partial charge in [-0.1, -0.05) is 66.7 Å². The predicted molar refractivity (Wildman–Crippen MR) is 91.0 cm³/mol. The van der Waals surface area contributed by atoms with Crippen LogP contribution in [0.1, 0.15) is 70.4 Å². The van der Waals surface area contributed by atoms with Gasteiger partial charge in [-0.05, 0) is 43.7 Å². The monoisotopic (exact) mass is 337 g/mol. The number of halogens is 1. The largest absolute Gasteiger partial charge is 0.307 e. The highest BCUT2D eigenvalue weighted by Gasteiger charge is 2.20. The lowest BCUT2D eigenvalue weighted by Crippen LogP contribution is -2.31. The fourth-order valence-corrected chi connectivity index (χ4v) is 4.14. The Morgan fingerprint density at radius 2 is 2.00 bits per heavy atom. The Morgan fingerprint density at radius 1 is 1.20 bits per heavy atom. The van der Waals surface area contributed by atoms with Crippen molar-refractivity contribution in [1.29, 1.82) is 0 Å². The molecule has 2 heteroatoms. The van der Waals surface area contributed by atoms with Crippen molar-refractivity contribution in [3.8, 4) is 0 Å². The van der Waals surface area contributed by atoms with Crippen LogP contribution in [0.15, 0.2) is 28.7 Å². The molecule has 3 unspecified atom stereocenters. The van der Waals surface area contributed by atoms with Crippen LogP contribution in [0, 0.1) is 5.92 Å². The Labute approximate surface area is 132 Å². The molecule has 0 radical (unpaired) electrons. The molecule has 0 saturated heterocycles. The Morgan fingerprint density at radius 3 is 2.75 bits per heavy atom. The molecule has 3 atom stereocenters. The van der Waals surface area contributed by atoms with Gasteiger partial charge >= 0.3 is 0 Å². The van der Waals surface area contributed by atoms with Crippen molar-refractivity contribution in [3.05, 3.63) is 34.3 Å². The van der Waals surface area contributed by atoms with Crippen LogP contribution in [0.4, 0.5) is 0 Å². The molecule has 1 fully saturated rings. The third kappa shape index (κ3) is 4.60. The fourth-order valence-electron chi connectivity index (χ4n) is 3.51. The van der Waals surface area contributed by atoms with Crippen molar-refractivity contribution < 1.29 is 0 Å². The molecule has 1 aliphatic carbocycles. The maximum absolute atomic E-state index is 3.85. The van der Waals surface area contributed by atoms with E-state index in [0.29, 0.717) is 12.1 Å². The Balaban J connectivity index is 1.88. The second-order valence-corrected chi connectivity index (χ2v) is 7.12. The quantitative estimate of drug-likeness (QED) is 0.664. The van der Waals surface area contributed by atoms with Crippen molar-refractivity contribution in [2.45, 2.75) is 70.9 Å². The molecular weight excluding hydrogens is 310 g/mol. The summed E-state index contributed by atoms with van der Waals surface area (Å²) >= 11 is 3.67. The molecule has 0 aliphatic heterocycles. The van der Waals surface area contributed by atoms with Crippen molar-refractivity contribution in [2.24, 2.45) is 5.92 Å². The third-order valence-corrected chi connectivity index (χ3v) is 5.36. The summed E-state index contributed by atoms with van der Waals surface area (Å²) < 4.78 is 1.22. The van der Waals surface area contributed by atoms with Gasteiger partial charge in [0.2, 0.25) is 0 Å². The van der Waals surface area contributed by atoms with E-state index in [1.165, 1.54) is 55.0 Å². The second-order valence-electron chi connectivity index (χ2n) is 6.27.